The molecule has 21 heavy (non-hydrogen) atoms. The Labute approximate surface area is 134 Å². The molecule has 1 heteroatoms. The molecule has 0 radical (unpaired) electrons. The van der Waals surface area contributed by atoms with Gasteiger partial charge in [-0.2, -0.15) is 0 Å². The van der Waals surface area contributed by atoms with Gasteiger partial charge in [0.05, 0.1) is 0 Å². The van der Waals surface area contributed by atoms with Crippen LogP contribution in [0.5, 0.6) is 0 Å². The highest BCUT2D eigenvalue weighted by Gasteiger charge is 2.22. The predicted molar refractivity (Wildman–Crippen MR) is 95.7 cm³/mol. The van der Waals surface area contributed by atoms with Crippen molar-refractivity contribution in [2.75, 3.05) is 13.6 Å². The van der Waals surface area contributed by atoms with Crippen LogP contribution in [0.3, 0.4) is 0 Å². The molecule has 0 aromatic carbocycles. The van der Waals surface area contributed by atoms with Gasteiger partial charge < -0.3 is 5.32 Å². The summed E-state index contributed by atoms with van der Waals surface area (Å²) >= 11 is 0. The summed E-state index contributed by atoms with van der Waals surface area (Å²) in [6.45, 7) is 10.8. The summed E-state index contributed by atoms with van der Waals surface area (Å²) in [6, 6.07) is 0. The molecule has 0 aliphatic heterocycles. The van der Waals surface area contributed by atoms with Gasteiger partial charge in [-0.05, 0) is 75.8 Å². The minimum atomic E-state index is 0.501. The molecule has 0 fully saturated rings. The second-order valence-electron chi connectivity index (χ2n) is 8.31. The van der Waals surface area contributed by atoms with Crippen molar-refractivity contribution in [2.45, 2.75) is 85.5 Å². The number of nitrogens with one attached hydrogen (secondary N) is 1. The summed E-state index contributed by atoms with van der Waals surface area (Å²) in [5.41, 5.74) is 2.29. The summed E-state index contributed by atoms with van der Waals surface area (Å²) in [7, 11) is 2.06. The molecule has 1 nitrogen and oxygen atoms in total. The van der Waals surface area contributed by atoms with Gasteiger partial charge in [0, 0.05) is 0 Å². The predicted octanol–water partition coefficient (Wildman–Crippen LogP) is 5.96. The fraction of sp³-hybridized carbons (Fsp3) is 0.900. The van der Waals surface area contributed by atoms with E-state index in [-0.39, 0.29) is 0 Å². The molecule has 0 bridgehead atoms. The van der Waals surface area contributed by atoms with Gasteiger partial charge in [-0.1, -0.05) is 52.2 Å². The third-order valence-corrected chi connectivity index (χ3v) is 5.02. The summed E-state index contributed by atoms with van der Waals surface area (Å²) in [5.74, 6) is 1.72. The van der Waals surface area contributed by atoms with E-state index in [9.17, 15) is 0 Å². The average Bonchev–Trinajstić information content (AvgIpc) is 2.91. The number of unbranched alkanes of at least 4 members (excludes halogenated alkanes) is 1. The molecule has 2 atom stereocenters. The first-order valence-electron chi connectivity index (χ1n) is 9.27. The van der Waals surface area contributed by atoms with Crippen LogP contribution in [0.2, 0.25) is 0 Å². The first-order valence-corrected chi connectivity index (χ1v) is 9.27. The van der Waals surface area contributed by atoms with Gasteiger partial charge in [0.2, 0.25) is 0 Å². The largest absolute Gasteiger partial charge is 0.320 e. The second kappa shape index (κ2) is 9.66. The third kappa shape index (κ3) is 8.04. The van der Waals surface area contributed by atoms with E-state index in [0.29, 0.717) is 5.41 Å². The fourth-order valence-corrected chi connectivity index (χ4v) is 3.69. The van der Waals surface area contributed by atoms with Gasteiger partial charge >= 0.3 is 0 Å². The van der Waals surface area contributed by atoms with Gasteiger partial charge in [0.15, 0.2) is 0 Å². The van der Waals surface area contributed by atoms with Crippen molar-refractivity contribution in [1.82, 2.24) is 5.32 Å². The lowest BCUT2D eigenvalue weighted by Crippen LogP contribution is -2.17. The van der Waals surface area contributed by atoms with Crippen LogP contribution in [0, 0.1) is 17.3 Å². The zero-order valence-electron chi connectivity index (χ0n) is 15.3. The highest BCUT2D eigenvalue weighted by Crippen LogP contribution is 2.36. The van der Waals surface area contributed by atoms with Gasteiger partial charge in [-0.15, -0.1) is 0 Å². The maximum Gasteiger partial charge on any atom is -0.00518 e. The number of allylic oxidation sites excluding steroid dienone is 2. The van der Waals surface area contributed by atoms with Crippen molar-refractivity contribution < 1.29 is 0 Å². The maximum atomic E-state index is 3.29. The van der Waals surface area contributed by atoms with Crippen LogP contribution in [-0.2, 0) is 0 Å². The van der Waals surface area contributed by atoms with E-state index in [1.54, 1.807) is 5.57 Å². The van der Waals surface area contributed by atoms with Crippen LogP contribution < -0.4 is 5.32 Å². The second-order valence-corrected chi connectivity index (χ2v) is 8.31. The van der Waals surface area contributed by atoms with Crippen molar-refractivity contribution in [3.63, 3.8) is 0 Å². The summed E-state index contributed by atoms with van der Waals surface area (Å²) in [4.78, 5) is 0. The van der Waals surface area contributed by atoms with E-state index >= 15 is 0 Å². The van der Waals surface area contributed by atoms with Crippen LogP contribution in [0.25, 0.3) is 0 Å². The zero-order chi connectivity index (χ0) is 15.7. The van der Waals surface area contributed by atoms with Crippen molar-refractivity contribution >= 4 is 0 Å². The minimum absolute atomic E-state index is 0.501. The van der Waals surface area contributed by atoms with Gasteiger partial charge in [0.1, 0.15) is 0 Å². The molecule has 0 amide bonds. The molecule has 1 aliphatic rings. The van der Waals surface area contributed by atoms with Gasteiger partial charge in [-0.3, -0.25) is 0 Å². The molecular formula is C20H39N. The van der Waals surface area contributed by atoms with Gasteiger partial charge in [0.25, 0.3) is 0 Å². The van der Waals surface area contributed by atoms with E-state index in [1.807, 2.05) is 0 Å². The van der Waals surface area contributed by atoms with Crippen LogP contribution in [-0.4, -0.2) is 13.6 Å². The molecule has 1 N–H and O–H groups in total. The Hall–Kier alpha value is -0.300. The summed E-state index contributed by atoms with van der Waals surface area (Å²) < 4.78 is 0. The molecule has 1 rings (SSSR count). The van der Waals surface area contributed by atoms with E-state index < -0.39 is 0 Å². The monoisotopic (exact) mass is 293 g/mol. The molecule has 1 aliphatic carbocycles. The van der Waals surface area contributed by atoms with E-state index in [2.05, 4.69) is 46.1 Å². The number of hydrogen-bond acceptors (Lipinski definition) is 1. The molecule has 2 unspecified atom stereocenters. The van der Waals surface area contributed by atoms with Crippen molar-refractivity contribution in [1.29, 1.82) is 0 Å². The van der Waals surface area contributed by atoms with E-state index in [1.165, 1.54) is 64.3 Å². The average molecular weight is 294 g/mol. The third-order valence-electron chi connectivity index (χ3n) is 5.02. The fourth-order valence-electron chi connectivity index (χ4n) is 3.69. The lowest BCUT2D eigenvalue weighted by atomic mass is 9.79. The smallest absolute Gasteiger partial charge is 0.00518 e. The summed E-state index contributed by atoms with van der Waals surface area (Å²) in [6.07, 6.45) is 15.0. The highest BCUT2D eigenvalue weighted by molar-refractivity contribution is 5.12. The zero-order valence-corrected chi connectivity index (χ0v) is 15.3. The van der Waals surface area contributed by atoms with Crippen LogP contribution in [0.4, 0.5) is 0 Å². The van der Waals surface area contributed by atoms with Gasteiger partial charge in [-0.25, -0.2) is 0 Å². The lowest BCUT2D eigenvalue weighted by molar-refractivity contribution is 0.316. The first-order chi connectivity index (χ1) is 9.94. The van der Waals surface area contributed by atoms with Crippen molar-refractivity contribution in [3.05, 3.63) is 11.6 Å². The minimum Gasteiger partial charge on any atom is -0.320 e. The SMILES string of the molecule is CNCCCC(C)C(CCCCC(C)(C)C)C1=CCCC1. The Balaban J connectivity index is 2.41. The van der Waals surface area contributed by atoms with Crippen molar-refractivity contribution in [2.24, 2.45) is 17.3 Å². The van der Waals surface area contributed by atoms with Crippen LogP contribution >= 0.6 is 0 Å². The Morgan fingerprint density at radius 1 is 1.14 bits per heavy atom. The van der Waals surface area contributed by atoms with Crippen molar-refractivity contribution in [3.8, 4) is 0 Å². The number of hydrogen-bond donors (Lipinski definition) is 1. The first kappa shape index (κ1) is 18.7. The molecule has 0 saturated carbocycles. The standard InChI is InChI=1S/C20H39N/c1-17(11-10-16-21-5)19(18-12-6-7-13-18)14-8-9-15-20(2,3)4/h12,17,19,21H,6-11,13-16H2,1-5H3. The topological polar surface area (TPSA) is 12.0 Å². The Morgan fingerprint density at radius 2 is 1.90 bits per heavy atom. The summed E-state index contributed by atoms with van der Waals surface area (Å²) in [5, 5.41) is 3.29. The molecule has 0 aromatic heterocycles. The van der Waals surface area contributed by atoms with Crippen LogP contribution in [0.1, 0.15) is 85.5 Å². The molecule has 0 aromatic rings. The highest BCUT2D eigenvalue weighted by atomic mass is 14.8. The Morgan fingerprint density at radius 3 is 2.48 bits per heavy atom. The number of rotatable bonds is 10. The molecule has 124 valence electrons. The lowest BCUT2D eigenvalue weighted by Gasteiger charge is -2.26. The quantitative estimate of drug-likeness (QED) is 0.387. The molecular weight excluding hydrogens is 254 g/mol. The molecule has 0 heterocycles. The van der Waals surface area contributed by atoms with E-state index in [0.717, 1.165) is 11.8 Å². The van der Waals surface area contributed by atoms with E-state index in [4.69, 9.17) is 0 Å². The Kier molecular flexibility index (Phi) is 8.63. The van der Waals surface area contributed by atoms with Crippen LogP contribution in [0.15, 0.2) is 11.6 Å². The normalized spacial score (nSPS) is 18.6. The maximum absolute atomic E-state index is 3.29. The Bertz CT molecular complexity index is 297. The molecule has 0 spiro atoms. The molecule has 0 saturated heterocycles.